The van der Waals surface area contributed by atoms with Crippen LogP contribution in [0.3, 0.4) is 0 Å². The lowest BCUT2D eigenvalue weighted by molar-refractivity contribution is -0.137. The topological polar surface area (TPSA) is 32.3 Å². The molecule has 0 bridgehead atoms. The number of hydrogen-bond acceptors (Lipinski definition) is 3. The third-order valence-corrected chi connectivity index (χ3v) is 4.35. The van der Waals surface area contributed by atoms with E-state index in [1.54, 1.807) is 0 Å². The molecule has 1 fully saturated rings. The number of hydrogen-bond donors (Lipinski definition) is 1. The van der Waals surface area contributed by atoms with Crippen LogP contribution in [0.2, 0.25) is 0 Å². The predicted molar refractivity (Wildman–Crippen MR) is 70.8 cm³/mol. The fourth-order valence-corrected chi connectivity index (χ4v) is 2.91. The highest BCUT2D eigenvalue weighted by Gasteiger charge is 2.32. The maximum absolute atomic E-state index is 12.2. The molecule has 4 heteroatoms. The molecular weight excluding hydrogens is 220 g/mol. The van der Waals surface area contributed by atoms with Crippen LogP contribution in [0.15, 0.2) is 0 Å². The van der Waals surface area contributed by atoms with Gasteiger partial charge in [-0.2, -0.15) is 11.8 Å². The zero-order valence-electron chi connectivity index (χ0n) is 10.8. The average molecular weight is 244 g/mol. The van der Waals surface area contributed by atoms with Gasteiger partial charge >= 0.3 is 0 Å². The standard InChI is InChI=1S/C12H24N2OS/c1-5-11(8-16-4)14(3)12(15)9(2)10-6-13-7-10/h9-11,13H,5-8H2,1-4H3. The van der Waals surface area contributed by atoms with Crippen molar-refractivity contribution in [3.8, 4) is 0 Å². The third-order valence-electron chi connectivity index (χ3n) is 3.64. The summed E-state index contributed by atoms with van der Waals surface area (Å²) in [7, 11) is 1.95. The fraction of sp³-hybridized carbons (Fsp3) is 0.917. The first-order valence-electron chi connectivity index (χ1n) is 6.08. The zero-order chi connectivity index (χ0) is 12.1. The Bertz CT molecular complexity index is 231. The van der Waals surface area contributed by atoms with Crippen LogP contribution in [0, 0.1) is 11.8 Å². The third kappa shape index (κ3) is 3.14. The van der Waals surface area contributed by atoms with Crippen molar-refractivity contribution in [1.82, 2.24) is 10.2 Å². The van der Waals surface area contributed by atoms with Crippen LogP contribution in [-0.2, 0) is 4.79 Å². The van der Waals surface area contributed by atoms with Crippen LogP contribution in [0.1, 0.15) is 20.3 Å². The molecule has 1 aliphatic rings. The summed E-state index contributed by atoms with van der Waals surface area (Å²) in [5.74, 6) is 2.06. The summed E-state index contributed by atoms with van der Waals surface area (Å²) in [5.41, 5.74) is 0. The molecule has 1 rings (SSSR count). The first-order valence-corrected chi connectivity index (χ1v) is 7.47. The van der Waals surface area contributed by atoms with Crippen LogP contribution < -0.4 is 5.32 Å². The average Bonchev–Trinajstić information content (AvgIpc) is 2.21. The summed E-state index contributed by atoms with van der Waals surface area (Å²) < 4.78 is 0. The SMILES string of the molecule is CCC(CSC)N(C)C(=O)C(C)C1CNC1. The first kappa shape index (κ1) is 13.8. The van der Waals surface area contributed by atoms with E-state index in [1.165, 1.54) is 0 Å². The van der Waals surface area contributed by atoms with Gasteiger partial charge in [0.15, 0.2) is 0 Å². The van der Waals surface area contributed by atoms with Crippen molar-refractivity contribution in [3.63, 3.8) is 0 Å². The molecule has 2 atom stereocenters. The van der Waals surface area contributed by atoms with Gasteiger partial charge in [0.1, 0.15) is 0 Å². The summed E-state index contributed by atoms with van der Waals surface area (Å²) >= 11 is 1.81. The van der Waals surface area contributed by atoms with E-state index < -0.39 is 0 Å². The molecular formula is C12H24N2OS. The van der Waals surface area contributed by atoms with Crippen LogP contribution in [0.25, 0.3) is 0 Å². The molecule has 0 aromatic heterocycles. The van der Waals surface area contributed by atoms with Gasteiger partial charge in [0.25, 0.3) is 0 Å². The molecule has 0 saturated carbocycles. The molecule has 1 N–H and O–H groups in total. The van der Waals surface area contributed by atoms with Gasteiger partial charge in [0, 0.05) is 24.8 Å². The Morgan fingerprint density at radius 1 is 1.56 bits per heavy atom. The quantitative estimate of drug-likeness (QED) is 0.767. The molecule has 16 heavy (non-hydrogen) atoms. The van der Waals surface area contributed by atoms with Gasteiger partial charge in [-0.15, -0.1) is 0 Å². The molecule has 1 saturated heterocycles. The van der Waals surface area contributed by atoms with Gasteiger partial charge in [-0.3, -0.25) is 4.79 Å². The summed E-state index contributed by atoms with van der Waals surface area (Å²) in [4.78, 5) is 14.2. The van der Waals surface area contributed by atoms with Gasteiger partial charge in [0.2, 0.25) is 5.91 Å². The molecule has 1 heterocycles. The van der Waals surface area contributed by atoms with Crippen molar-refractivity contribution in [2.45, 2.75) is 26.3 Å². The second kappa shape index (κ2) is 6.50. The predicted octanol–water partition coefficient (Wildman–Crippen LogP) is 1.44. The Labute approximate surface area is 103 Å². The van der Waals surface area contributed by atoms with Crippen LogP contribution in [0.5, 0.6) is 0 Å². The largest absolute Gasteiger partial charge is 0.342 e. The number of carbonyl (C=O) groups is 1. The van der Waals surface area contributed by atoms with E-state index in [2.05, 4.69) is 25.4 Å². The molecule has 0 aromatic rings. The minimum Gasteiger partial charge on any atom is -0.342 e. The van der Waals surface area contributed by atoms with Gasteiger partial charge in [-0.25, -0.2) is 0 Å². The van der Waals surface area contributed by atoms with E-state index in [0.29, 0.717) is 17.9 Å². The summed E-state index contributed by atoms with van der Waals surface area (Å²) in [6.07, 6.45) is 3.14. The fourth-order valence-electron chi connectivity index (χ4n) is 2.06. The second-order valence-corrected chi connectivity index (χ2v) is 5.58. The van der Waals surface area contributed by atoms with Crippen molar-refractivity contribution < 1.29 is 4.79 Å². The zero-order valence-corrected chi connectivity index (χ0v) is 11.6. The molecule has 0 aromatic carbocycles. The minimum absolute atomic E-state index is 0.169. The number of rotatable bonds is 6. The van der Waals surface area contributed by atoms with E-state index in [0.717, 1.165) is 25.3 Å². The molecule has 2 unspecified atom stereocenters. The Balaban J connectivity index is 2.49. The lowest BCUT2D eigenvalue weighted by Gasteiger charge is -2.36. The Morgan fingerprint density at radius 2 is 2.19 bits per heavy atom. The summed E-state index contributed by atoms with van der Waals surface area (Å²) in [5, 5.41) is 3.23. The van der Waals surface area contributed by atoms with Gasteiger partial charge in [-0.1, -0.05) is 13.8 Å². The molecule has 0 spiro atoms. The summed E-state index contributed by atoms with van der Waals surface area (Å²) in [6.45, 7) is 6.22. The van der Waals surface area contributed by atoms with E-state index in [1.807, 2.05) is 23.7 Å². The number of thioether (sulfide) groups is 1. The summed E-state index contributed by atoms with van der Waals surface area (Å²) in [6, 6.07) is 0.387. The maximum atomic E-state index is 12.2. The van der Waals surface area contributed by atoms with E-state index >= 15 is 0 Å². The molecule has 94 valence electrons. The van der Waals surface area contributed by atoms with E-state index in [-0.39, 0.29) is 5.92 Å². The van der Waals surface area contributed by atoms with Crippen LogP contribution in [0.4, 0.5) is 0 Å². The highest BCUT2D eigenvalue weighted by atomic mass is 32.2. The molecule has 1 aliphatic heterocycles. The van der Waals surface area contributed by atoms with Crippen molar-refractivity contribution in [2.24, 2.45) is 11.8 Å². The van der Waals surface area contributed by atoms with Crippen LogP contribution in [-0.4, -0.2) is 49.0 Å². The van der Waals surface area contributed by atoms with Gasteiger partial charge < -0.3 is 10.2 Å². The molecule has 0 aliphatic carbocycles. The highest BCUT2D eigenvalue weighted by Crippen LogP contribution is 2.20. The Morgan fingerprint density at radius 3 is 2.56 bits per heavy atom. The Hall–Kier alpha value is -0.220. The lowest BCUT2D eigenvalue weighted by Crippen LogP contribution is -2.51. The van der Waals surface area contributed by atoms with Gasteiger partial charge in [0.05, 0.1) is 0 Å². The van der Waals surface area contributed by atoms with Crippen LogP contribution >= 0.6 is 11.8 Å². The lowest BCUT2D eigenvalue weighted by atomic mass is 9.87. The highest BCUT2D eigenvalue weighted by molar-refractivity contribution is 7.98. The smallest absolute Gasteiger partial charge is 0.225 e. The van der Waals surface area contributed by atoms with Crippen molar-refractivity contribution in [2.75, 3.05) is 32.1 Å². The van der Waals surface area contributed by atoms with E-state index in [4.69, 9.17) is 0 Å². The number of nitrogens with zero attached hydrogens (tertiary/aromatic N) is 1. The van der Waals surface area contributed by atoms with Crippen molar-refractivity contribution in [3.05, 3.63) is 0 Å². The van der Waals surface area contributed by atoms with Crippen molar-refractivity contribution >= 4 is 17.7 Å². The first-order chi connectivity index (χ1) is 7.61. The molecule has 3 nitrogen and oxygen atoms in total. The molecule has 0 radical (unpaired) electrons. The number of nitrogens with one attached hydrogen (secondary N) is 1. The molecule has 1 amide bonds. The number of carbonyl (C=O) groups excluding carboxylic acids is 1. The second-order valence-electron chi connectivity index (χ2n) is 4.67. The monoisotopic (exact) mass is 244 g/mol. The van der Waals surface area contributed by atoms with Crippen molar-refractivity contribution in [1.29, 1.82) is 0 Å². The number of amides is 1. The van der Waals surface area contributed by atoms with Gasteiger partial charge in [-0.05, 0) is 31.7 Å². The minimum atomic E-state index is 0.169. The van der Waals surface area contributed by atoms with E-state index in [9.17, 15) is 4.79 Å². The Kier molecular flexibility index (Phi) is 5.62. The maximum Gasteiger partial charge on any atom is 0.225 e. The normalized spacial score (nSPS) is 20.0.